The molecule has 1 aliphatic rings. The first kappa shape index (κ1) is 11.0. The molecule has 0 spiro atoms. The average Bonchev–Trinajstić information content (AvgIpc) is 2.35. The number of fused-ring (bicyclic) bond motifs is 1. The van der Waals surface area contributed by atoms with Crippen LogP contribution in [0.25, 0.3) is 10.4 Å². The van der Waals surface area contributed by atoms with E-state index in [1.807, 2.05) is 12.1 Å². The summed E-state index contributed by atoms with van der Waals surface area (Å²) in [5.74, 6) is 0. The summed E-state index contributed by atoms with van der Waals surface area (Å²) in [7, 11) is 0. The van der Waals surface area contributed by atoms with Gasteiger partial charge in [-0.3, -0.25) is 0 Å². The Morgan fingerprint density at radius 2 is 2.06 bits per heavy atom. The van der Waals surface area contributed by atoms with Crippen LogP contribution in [0, 0.1) is 0 Å². The van der Waals surface area contributed by atoms with E-state index in [2.05, 4.69) is 16.1 Å². The van der Waals surface area contributed by atoms with Crippen molar-refractivity contribution in [2.75, 3.05) is 6.54 Å². The molecule has 0 amide bonds. The molecule has 1 unspecified atom stereocenters. The summed E-state index contributed by atoms with van der Waals surface area (Å²) in [5.41, 5.74) is 11.8. The zero-order valence-corrected chi connectivity index (χ0v) is 9.13. The van der Waals surface area contributed by atoms with Gasteiger partial charge in [-0.15, -0.1) is 0 Å². The molecular weight excluding hydrogens is 202 g/mol. The molecule has 0 saturated carbocycles. The summed E-state index contributed by atoms with van der Waals surface area (Å²) < 4.78 is 0. The number of rotatable bonds is 3. The first-order chi connectivity index (χ1) is 7.81. The minimum atomic E-state index is -0.678. The van der Waals surface area contributed by atoms with Gasteiger partial charge in [-0.2, -0.15) is 0 Å². The van der Waals surface area contributed by atoms with Crippen LogP contribution in [0.5, 0.6) is 0 Å². The standard InChI is InChI=1S/C12H15N3O/c13-15-14-8-12(16)11-6-5-9-3-1-2-4-10(9)7-11/h5-7,12,16H,1-4,8H2. The summed E-state index contributed by atoms with van der Waals surface area (Å²) in [4.78, 5) is 2.65. The highest BCUT2D eigenvalue weighted by atomic mass is 16.3. The fourth-order valence-corrected chi connectivity index (χ4v) is 2.18. The van der Waals surface area contributed by atoms with Crippen molar-refractivity contribution < 1.29 is 5.11 Å². The fourth-order valence-electron chi connectivity index (χ4n) is 2.18. The van der Waals surface area contributed by atoms with Crippen LogP contribution in [0.15, 0.2) is 23.3 Å². The first-order valence-electron chi connectivity index (χ1n) is 5.62. The maximum absolute atomic E-state index is 9.79. The Balaban J connectivity index is 2.19. The number of benzene rings is 1. The second-order valence-corrected chi connectivity index (χ2v) is 4.16. The van der Waals surface area contributed by atoms with Gasteiger partial charge in [0.2, 0.25) is 0 Å². The van der Waals surface area contributed by atoms with Crippen molar-refractivity contribution >= 4 is 0 Å². The highest BCUT2D eigenvalue weighted by molar-refractivity contribution is 5.34. The van der Waals surface area contributed by atoms with Crippen molar-refractivity contribution in [2.24, 2.45) is 5.11 Å². The molecule has 0 aliphatic heterocycles. The Morgan fingerprint density at radius 1 is 1.31 bits per heavy atom. The highest BCUT2D eigenvalue weighted by Crippen LogP contribution is 2.24. The van der Waals surface area contributed by atoms with E-state index in [-0.39, 0.29) is 6.54 Å². The van der Waals surface area contributed by atoms with Crippen molar-refractivity contribution in [1.82, 2.24) is 0 Å². The molecule has 1 atom stereocenters. The normalized spacial score (nSPS) is 16.1. The molecular formula is C12H15N3O. The van der Waals surface area contributed by atoms with Crippen LogP contribution in [0.1, 0.15) is 35.6 Å². The van der Waals surface area contributed by atoms with Gasteiger partial charge in [-0.25, -0.2) is 0 Å². The maximum atomic E-state index is 9.79. The molecule has 0 bridgehead atoms. The molecule has 4 heteroatoms. The quantitative estimate of drug-likeness (QED) is 0.472. The molecule has 4 nitrogen and oxygen atoms in total. The van der Waals surface area contributed by atoms with Crippen LogP contribution >= 0.6 is 0 Å². The van der Waals surface area contributed by atoms with Crippen molar-refractivity contribution in [3.05, 3.63) is 45.3 Å². The summed E-state index contributed by atoms with van der Waals surface area (Å²) >= 11 is 0. The van der Waals surface area contributed by atoms with Crippen LogP contribution < -0.4 is 0 Å². The van der Waals surface area contributed by atoms with Crippen molar-refractivity contribution in [3.8, 4) is 0 Å². The number of nitrogens with zero attached hydrogens (tertiary/aromatic N) is 3. The molecule has 1 aromatic rings. The minimum Gasteiger partial charge on any atom is -0.388 e. The van der Waals surface area contributed by atoms with Gasteiger partial charge < -0.3 is 5.11 Å². The summed E-state index contributed by atoms with van der Waals surface area (Å²) in [6.45, 7) is 0.106. The number of aliphatic hydroxyl groups excluding tert-OH is 1. The van der Waals surface area contributed by atoms with Gasteiger partial charge in [0, 0.05) is 4.91 Å². The lowest BCUT2D eigenvalue weighted by molar-refractivity contribution is 0.186. The number of aliphatic hydroxyl groups is 1. The van der Waals surface area contributed by atoms with Gasteiger partial charge in [0.25, 0.3) is 0 Å². The maximum Gasteiger partial charge on any atom is 0.0846 e. The summed E-state index contributed by atoms with van der Waals surface area (Å²) in [6.07, 6.45) is 4.04. The third kappa shape index (κ3) is 2.35. The Kier molecular flexibility index (Phi) is 3.44. The zero-order chi connectivity index (χ0) is 11.4. The second kappa shape index (κ2) is 5.01. The van der Waals surface area contributed by atoms with E-state index in [1.54, 1.807) is 0 Å². The lowest BCUT2D eigenvalue weighted by Gasteiger charge is -2.18. The topological polar surface area (TPSA) is 69.0 Å². The predicted molar refractivity (Wildman–Crippen MR) is 62.1 cm³/mol. The Labute approximate surface area is 94.5 Å². The monoisotopic (exact) mass is 217 g/mol. The fraction of sp³-hybridized carbons (Fsp3) is 0.500. The highest BCUT2D eigenvalue weighted by Gasteiger charge is 2.12. The van der Waals surface area contributed by atoms with E-state index in [0.717, 1.165) is 18.4 Å². The van der Waals surface area contributed by atoms with E-state index >= 15 is 0 Å². The number of aryl methyl sites for hydroxylation is 2. The van der Waals surface area contributed by atoms with E-state index < -0.39 is 6.10 Å². The predicted octanol–water partition coefficient (Wildman–Crippen LogP) is 2.91. The Morgan fingerprint density at radius 3 is 2.81 bits per heavy atom. The molecule has 0 saturated heterocycles. The van der Waals surface area contributed by atoms with Gasteiger partial charge >= 0.3 is 0 Å². The van der Waals surface area contributed by atoms with Gasteiger partial charge in [0.05, 0.1) is 12.6 Å². The summed E-state index contributed by atoms with van der Waals surface area (Å²) in [6, 6.07) is 6.07. The lowest BCUT2D eigenvalue weighted by atomic mass is 9.89. The van der Waals surface area contributed by atoms with Crippen LogP contribution in [0.3, 0.4) is 0 Å². The molecule has 2 rings (SSSR count). The van der Waals surface area contributed by atoms with E-state index in [0.29, 0.717) is 0 Å². The zero-order valence-electron chi connectivity index (χ0n) is 9.13. The number of hydrogen-bond donors (Lipinski definition) is 1. The van der Waals surface area contributed by atoms with Crippen LogP contribution in [-0.4, -0.2) is 11.7 Å². The van der Waals surface area contributed by atoms with E-state index in [4.69, 9.17) is 5.53 Å². The average molecular weight is 217 g/mol. The number of azide groups is 1. The Bertz CT molecular complexity index is 424. The Hall–Kier alpha value is -1.51. The SMILES string of the molecule is [N-]=[N+]=NCC(O)c1ccc2c(c1)CCCC2. The molecule has 0 fully saturated rings. The molecule has 16 heavy (non-hydrogen) atoms. The molecule has 0 heterocycles. The molecule has 1 N–H and O–H groups in total. The minimum absolute atomic E-state index is 0.106. The first-order valence-corrected chi connectivity index (χ1v) is 5.62. The lowest BCUT2D eigenvalue weighted by Crippen LogP contribution is -2.06. The van der Waals surface area contributed by atoms with Crippen molar-refractivity contribution in [1.29, 1.82) is 0 Å². The smallest absolute Gasteiger partial charge is 0.0846 e. The third-order valence-electron chi connectivity index (χ3n) is 3.08. The second-order valence-electron chi connectivity index (χ2n) is 4.16. The summed E-state index contributed by atoms with van der Waals surface area (Å²) in [5, 5.41) is 13.2. The molecule has 84 valence electrons. The van der Waals surface area contributed by atoms with E-state index in [1.165, 1.54) is 24.0 Å². The van der Waals surface area contributed by atoms with Gasteiger partial charge in [-0.1, -0.05) is 23.3 Å². The van der Waals surface area contributed by atoms with Crippen LogP contribution in [-0.2, 0) is 12.8 Å². The molecule has 1 aromatic carbocycles. The van der Waals surface area contributed by atoms with Crippen LogP contribution in [0.4, 0.5) is 0 Å². The largest absolute Gasteiger partial charge is 0.388 e. The van der Waals surface area contributed by atoms with E-state index in [9.17, 15) is 5.11 Å². The van der Waals surface area contributed by atoms with Crippen molar-refractivity contribution in [2.45, 2.75) is 31.8 Å². The van der Waals surface area contributed by atoms with Gasteiger partial charge in [0.1, 0.15) is 0 Å². The van der Waals surface area contributed by atoms with Crippen molar-refractivity contribution in [3.63, 3.8) is 0 Å². The molecule has 1 aliphatic carbocycles. The van der Waals surface area contributed by atoms with Crippen LogP contribution in [0.2, 0.25) is 0 Å². The number of hydrogen-bond acceptors (Lipinski definition) is 2. The molecule has 0 radical (unpaired) electrons. The van der Waals surface area contributed by atoms with Gasteiger partial charge in [0.15, 0.2) is 0 Å². The third-order valence-corrected chi connectivity index (χ3v) is 3.08. The van der Waals surface area contributed by atoms with Gasteiger partial charge in [-0.05, 0) is 47.9 Å². The molecule has 0 aromatic heterocycles.